The maximum atomic E-state index is 12.0. The Balaban J connectivity index is 2.89. The minimum atomic E-state index is -1.34. The van der Waals surface area contributed by atoms with Crippen LogP contribution in [0.3, 0.4) is 0 Å². The van der Waals surface area contributed by atoms with Gasteiger partial charge in [0, 0.05) is 13.1 Å². The van der Waals surface area contributed by atoms with Crippen molar-refractivity contribution < 1.29 is 9.59 Å². The largest absolute Gasteiger partial charge is 0.329 e. The predicted octanol–water partition coefficient (Wildman–Crippen LogP) is 0.0319. The van der Waals surface area contributed by atoms with Crippen LogP contribution in [-0.4, -0.2) is 40.6 Å². The summed E-state index contributed by atoms with van der Waals surface area (Å²) >= 11 is 0. The summed E-state index contributed by atoms with van der Waals surface area (Å²) in [5.41, 5.74) is 11.6. The average Bonchev–Trinajstić information content (AvgIpc) is 2.18. The summed E-state index contributed by atoms with van der Waals surface area (Å²) in [7, 11) is 0. The molecule has 1 saturated heterocycles. The average molecular weight is 228 g/mol. The molecule has 0 atom stereocenters. The van der Waals surface area contributed by atoms with Gasteiger partial charge in [-0.05, 0) is 12.8 Å². The highest BCUT2D eigenvalue weighted by Crippen LogP contribution is 2.19. The third kappa shape index (κ3) is 2.33. The van der Waals surface area contributed by atoms with Gasteiger partial charge in [0.1, 0.15) is 0 Å². The summed E-state index contributed by atoms with van der Waals surface area (Å²) < 4.78 is 0. The van der Waals surface area contributed by atoms with Gasteiger partial charge in [0.15, 0.2) is 5.79 Å². The zero-order valence-electron chi connectivity index (χ0n) is 9.90. The van der Waals surface area contributed by atoms with E-state index in [4.69, 9.17) is 11.5 Å². The van der Waals surface area contributed by atoms with E-state index >= 15 is 0 Å². The number of carbonyl (C=O) groups is 2. The molecule has 16 heavy (non-hydrogen) atoms. The van der Waals surface area contributed by atoms with Crippen LogP contribution in [0.25, 0.3) is 0 Å². The fraction of sp³-hybridized carbons (Fsp3) is 0.800. The molecule has 1 heterocycles. The second kappa shape index (κ2) is 4.80. The van der Waals surface area contributed by atoms with Gasteiger partial charge in [-0.3, -0.25) is 26.1 Å². The van der Waals surface area contributed by atoms with Crippen molar-refractivity contribution in [3.63, 3.8) is 0 Å². The van der Waals surface area contributed by atoms with Gasteiger partial charge < -0.3 is 0 Å². The molecule has 0 bridgehead atoms. The van der Waals surface area contributed by atoms with E-state index in [1.807, 2.05) is 13.8 Å². The molecule has 1 fully saturated rings. The third-order valence-electron chi connectivity index (χ3n) is 2.59. The molecule has 0 aliphatic carbocycles. The summed E-state index contributed by atoms with van der Waals surface area (Å²) in [4.78, 5) is 26.3. The molecule has 0 spiro atoms. The fourth-order valence-electron chi connectivity index (χ4n) is 1.83. The van der Waals surface area contributed by atoms with E-state index in [1.165, 1.54) is 9.80 Å². The maximum absolute atomic E-state index is 12.0. The first-order valence-corrected chi connectivity index (χ1v) is 5.63. The lowest BCUT2D eigenvalue weighted by molar-refractivity contribution is -0.135. The lowest BCUT2D eigenvalue weighted by Gasteiger charge is -2.44. The molecule has 0 radical (unpaired) electrons. The molecule has 6 heteroatoms. The molecular weight excluding hydrogens is 208 g/mol. The molecule has 0 saturated carbocycles. The molecule has 1 aliphatic heterocycles. The van der Waals surface area contributed by atoms with Crippen molar-refractivity contribution in [1.29, 1.82) is 0 Å². The number of carbonyl (C=O) groups excluding carboxylic acids is 2. The van der Waals surface area contributed by atoms with E-state index in [1.54, 1.807) is 0 Å². The molecule has 3 amide bonds. The first kappa shape index (κ1) is 12.9. The standard InChI is InChI=1S/C10H20N4O2/c1-3-5-13-8(15)7-10(11,12)14(6-4-2)9(13)16/h3-7,11-12H2,1-2H3. The number of imide groups is 1. The van der Waals surface area contributed by atoms with Crippen LogP contribution >= 0.6 is 0 Å². The molecular formula is C10H20N4O2. The number of urea groups is 1. The minimum Gasteiger partial charge on any atom is -0.296 e. The van der Waals surface area contributed by atoms with E-state index in [0.29, 0.717) is 13.1 Å². The Morgan fingerprint density at radius 1 is 1.19 bits per heavy atom. The van der Waals surface area contributed by atoms with E-state index in [-0.39, 0.29) is 18.4 Å². The Morgan fingerprint density at radius 3 is 2.25 bits per heavy atom. The Labute approximate surface area is 95.5 Å². The summed E-state index contributed by atoms with van der Waals surface area (Å²) in [6, 6.07) is -0.370. The minimum absolute atomic E-state index is 0.0151. The van der Waals surface area contributed by atoms with Crippen molar-refractivity contribution in [1.82, 2.24) is 9.80 Å². The zero-order chi connectivity index (χ0) is 12.3. The van der Waals surface area contributed by atoms with E-state index in [0.717, 1.165) is 12.8 Å². The molecule has 4 N–H and O–H groups in total. The summed E-state index contributed by atoms with van der Waals surface area (Å²) in [6.07, 6.45) is 1.48. The highest BCUT2D eigenvalue weighted by molar-refractivity contribution is 5.97. The Hall–Kier alpha value is -1.14. The highest BCUT2D eigenvalue weighted by Gasteiger charge is 2.43. The fourth-order valence-corrected chi connectivity index (χ4v) is 1.83. The van der Waals surface area contributed by atoms with Gasteiger partial charge in [-0.25, -0.2) is 4.79 Å². The second-order valence-corrected chi connectivity index (χ2v) is 4.15. The van der Waals surface area contributed by atoms with E-state index in [2.05, 4.69) is 0 Å². The van der Waals surface area contributed by atoms with Crippen LogP contribution in [0.5, 0.6) is 0 Å². The number of nitrogens with zero attached hydrogens (tertiary/aromatic N) is 2. The Kier molecular flexibility index (Phi) is 3.88. The molecule has 0 aromatic heterocycles. The van der Waals surface area contributed by atoms with E-state index in [9.17, 15) is 9.59 Å². The van der Waals surface area contributed by atoms with Crippen molar-refractivity contribution in [2.75, 3.05) is 13.1 Å². The molecule has 6 nitrogen and oxygen atoms in total. The Morgan fingerprint density at radius 2 is 1.75 bits per heavy atom. The van der Waals surface area contributed by atoms with Crippen molar-refractivity contribution >= 4 is 11.9 Å². The number of nitrogens with two attached hydrogens (primary N) is 2. The first-order chi connectivity index (χ1) is 7.44. The molecule has 0 aromatic rings. The third-order valence-corrected chi connectivity index (χ3v) is 2.59. The Bertz CT molecular complexity index is 291. The van der Waals surface area contributed by atoms with Crippen LogP contribution in [0.15, 0.2) is 0 Å². The molecule has 0 aromatic carbocycles. The summed E-state index contributed by atoms with van der Waals surface area (Å²) in [6.45, 7) is 4.74. The van der Waals surface area contributed by atoms with Crippen LogP contribution < -0.4 is 11.5 Å². The van der Waals surface area contributed by atoms with Gasteiger partial charge in [0.25, 0.3) is 0 Å². The normalized spacial score (nSPS) is 20.5. The summed E-state index contributed by atoms with van der Waals surface area (Å²) in [5.74, 6) is -1.63. The lowest BCUT2D eigenvalue weighted by Crippen LogP contribution is -2.72. The number of hydrogen-bond donors (Lipinski definition) is 2. The first-order valence-electron chi connectivity index (χ1n) is 5.63. The van der Waals surface area contributed by atoms with Crippen LogP contribution in [0.4, 0.5) is 4.79 Å². The van der Waals surface area contributed by atoms with Gasteiger partial charge in [-0.2, -0.15) is 0 Å². The van der Waals surface area contributed by atoms with Crippen LogP contribution in [0.2, 0.25) is 0 Å². The maximum Gasteiger partial charge on any atom is 0.329 e. The predicted molar refractivity (Wildman–Crippen MR) is 60.1 cm³/mol. The zero-order valence-corrected chi connectivity index (χ0v) is 9.90. The van der Waals surface area contributed by atoms with Crippen molar-refractivity contribution in [2.45, 2.75) is 38.9 Å². The van der Waals surface area contributed by atoms with Crippen molar-refractivity contribution in [2.24, 2.45) is 11.5 Å². The monoisotopic (exact) mass is 228 g/mol. The van der Waals surface area contributed by atoms with Gasteiger partial charge in [-0.15, -0.1) is 0 Å². The lowest BCUT2D eigenvalue weighted by atomic mass is 10.1. The number of hydrogen-bond acceptors (Lipinski definition) is 4. The van der Waals surface area contributed by atoms with Crippen LogP contribution in [-0.2, 0) is 4.79 Å². The topological polar surface area (TPSA) is 92.7 Å². The smallest absolute Gasteiger partial charge is 0.296 e. The molecule has 1 rings (SSSR count). The second-order valence-electron chi connectivity index (χ2n) is 4.15. The van der Waals surface area contributed by atoms with Crippen LogP contribution in [0, 0.1) is 0 Å². The number of rotatable bonds is 4. The van der Waals surface area contributed by atoms with Gasteiger partial charge >= 0.3 is 6.03 Å². The highest BCUT2D eigenvalue weighted by atomic mass is 16.2. The van der Waals surface area contributed by atoms with E-state index < -0.39 is 5.79 Å². The summed E-state index contributed by atoms with van der Waals surface area (Å²) in [5, 5.41) is 0. The van der Waals surface area contributed by atoms with Gasteiger partial charge in [-0.1, -0.05) is 13.8 Å². The number of amides is 3. The molecule has 92 valence electrons. The van der Waals surface area contributed by atoms with Gasteiger partial charge in [0.2, 0.25) is 5.91 Å². The van der Waals surface area contributed by atoms with Crippen molar-refractivity contribution in [3.8, 4) is 0 Å². The SMILES string of the molecule is CCCN1C(=O)CC(N)(N)N(CCC)C1=O. The van der Waals surface area contributed by atoms with Crippen LogP contribution in [0.1, 0.15) is 33.1 Å². The van der Waals surface area contributed by atoms with Crippen molar-refractivity contribution in [3.05, 3.63) is 0 Å². The molecule has 0 unspecified atom stereocenters. The molecule has 1 aliphatic rings. The van der Waals surface area contributed by atoms with Gasteiger partial charge in [0.05, 0.1) is 6.42 Å². The quantitative estimate of drug-likeness (QED) is 0.664.